The molecule has 0 saturated heterocycles. The van der Waals surface area contributed by atoms with Crippen molar-refractivity contribution < 1.29 is 0 Å². The number of hydrogen-bond donors (Lipinski definition) is 0. The SMILES string of the molecule is CC.CCC(C)C.CCCCCCC1CCC(CC)CC1. The van der Waals surface area contributed by atoms with Gasteiger partial charge in [-0.2, -0.15) is 0 Å². The molecule has 1 saturated carbocycles. The summed E-state index contributed by atoms with van der Waals surface area (Å²) in [5.41, 5.74) is 0. The lowest BCUT2D eigenvalue weighted by molar-refractivity contribution is 0.254. The van der Waals surface area contributed by atoms with E-state index in [0.717, 1.165) is 17.8 Å². The van der Waals surface area contributed by atoms with E-state index in [1.165, 1.54) is 70.6 Å². The van der Waals surface area contributed by atoms with Crippen LogP contribution in [0.1, 0.15) is 119 Å². The van der Waals surface area contributed by atoms with Crippen LogP contribution < -0.4 is 0 Å². The van der Waals surface area contributed by atoms with Crippen LogP contribution in [0.3, 0.4) is 0 Å². The molecule has 0 aromatic carbocycles. The van der Waals surface area contributed by atoms with Gasteiger partial charge in [-0.1, -0.05) is 119 Å². The average Bonchev–Trinajstić information content (AvgIpc) is 2.54. The van der Waals surface area contributed by atoms with Gasteiger partial charge >= 0.3 is 0 Å². The largest absolute Gasteiger partial charge is 0.0683 e. The average molecular weight is 299 g/mol. The molecule has 0 amide bonds. The summed E-state index contributed by atoms with van der Waals surface area (Å²) >= 11 is 0. The predicted molar refractivity (Wildman–Crippen MR) is 101 cm³/mol. The molecule has 130 valence electrons. The van der Waals surface area contributed by atoms with E-state index in [2.05, 4.69) is 34.6 Å². The van der Waals surface area contributed by atoms with Crippen LogP contribution in [0, 0.1) is 17.8 Å². The Balaban J connectivity index is 0. The molecule has 1 fully saturated rings. The Hall–Kier alpha value is 0. The molecule has 1 aliphatic rings. The Morgan fingerprint density at radius 1 is 0.762 bits per heavy atom. The summed E-state index contributed by atoms with van der Waals surface area (Å²) in [6.07, 6.45) is 16.2. The maximum atomic E-state index is 2.35. The molecule has 0 N–H and O–H groups in total. The summed E-state index contributed by atoms with van der Waals surface area (Å²) in [4.78, 5) is 0. The monoisotopic (exact) mass is 298 g/mol. The minimum Gasteiger partial charge on any atom is -0.0683 e. The van der Waals surface area contributed by atoms with Gasteiger partial charge in [-0.3, -0.25) is 0 Å². The fourth-order valence-electron chi connectivity index (χ4n) is 2.79. The van der Waals surface area contributed by atoms with E-state index >= 15 is 0 Å². The van der Waals surface area contributed by atoms with Gasteiger partial charge in [0.2, 0.25) is 0 Å². The van der Waals surface area contributed by atoms with Crippen molar-refractivity contribution in [1.29, 1.82) is 0 Å². The Kier molecular flexibility index (Phi) is 20.0. The highest BCUT2D eigenvalue weighted by Gasteiger charge is 2.19. The van der Waals surface area contributed by atoms with Gasteiger partial charge < -0.3 is 0 Å². The van der Waals surface area contributed by atoms with E-state index in [0.29, 0.717) is 0 Å². The highest BCUT2D eigenvalue weighted by atomic mass is 14.2. The first-order chi connectivity index (χ1) is 10.1. The first-order valence-electron chi connectivity index (χ1n) is 10.1. The van der Waals surface area contributed by atoms with Crippen LogP contribution in [-0.4, -0.2) is 0 Å². The number of hydrogen-bond acceptors (Lipinski definition) is 0. The molecule has 0 atom stereocenters. The highest BCUT2D eigenvalue weighted by Crippen LogP contribution is 2.33. The molecule has 0 unspecified atom stereocenters. The van der Waals surface area contributed by atoms with Crippen molar-refractivity contribution in [3.63, 3.8) is 0 Å². The van der Waals surface area contributed by atoms with Gasteiger partial charge in [-0.15, -0.1) is 0 Å². The van der Waals surface area contributed by atoms with Gasteiger partial charge in [0.15, 0.2) is 0 Å². The van der Waals surface area contributed by atoms with Crippen molar-refractivity contribution in [2.24, 2.45) is 17.8 Å². The Morgan fingerprint density at radius 3 is 1.62 bits per heavy atom. The lowest BCUT2D eigenvalue weighted by Gasteiger charge is -2.27. The molecular weight excluding hydrogens is 252 g/mol. The van der Waals surface area contributed by atoms with E-state index in [9.17, 15) is 0 Å². The third kappa shape index (κ3) is 16.2. The molecule has 0 bridgehead atoms. The van der Waals surface area contributed by atoms with Crippen LogP contribution in [0.4, 0.5) is 0 Å². The zero-order valence-corrected chi connectivity index (χ0v) is 16.5. The van der Waals surface area contributed by atoms with Gasteiger partial charge in [0, 0.05) is 0 Å². The second-order valence-corrected chi connectivity index (χ2v) is 6.95. The first kappa shape index (κ1) is 23.3. The summed E-state index contributed by atoms with van der Waals surface area (Å²) in [6.45, 7) is 15.3. The lowest BCUT2D eigenvalue weighted by atomic mass is 9.79. The van der Waals surface area contributed by atoms with Crippen molar-refractivity contribution in [1.82, 2.24) is 0 Å². The summed E-state index contributed by atoms with van der Waals surface area (Å²) in [5.74, 6) is 3.05. The molecule has 0 aromatic heterocycles. The quantitative estimate of drug-likeness (QED) is 0.415. The zero-order chi connectivity index (χ0) is 16.5. The van der Waals surface area contributed by atoms with Crippen molar-refractivity contribution >= 4 is 0 Å². The fraction of sp³-hybridized carbons (Fsp3) is 1.00. The van der Waals surface area contributed by atoms with Crippen LogP contribution in [0.5, 0.6) is 0 Å². The minimum absolute atomic E-state index is 0.884. The third-order valence-electron chi connectivity index (χ3n) is 4.83. The van der Waals surface area contributed by atoms with Crippen LogP contribution in [0.2, 0.25) is 0 Å². The molecule has 0 aromatic rings. The van der Waals surface area contributed by atoms with Crippen molar-refractivity contribution in [2.45, 2.75) is 119 Å². The Morgan fingerprint density at radius 2 is 1.24 bits per heavy atom. The van der Waals surface area contributed by atoms with E-state index in [-0.39, 0.29) is 0 Å². The molecule has 0 aliphatic heterocycles. The molecule has 0 heteroatoms. The number of rotatable bonds is 7. The van der Waals surface area contributed by atoms with Crippen molar-refractivity contribution in [3.05, 3.63) is 0 Å². The molecule has 0 nitrogen and oxygen atoms in total. The molecule has 0 spiro atoms. The van der Waals surface area contributed by atoms with Crippen LogP contribution in [-0.2, 0) is 0 Å². The standard InChI is InChI=1S/C14H28.C5H12.C2H6/c1-3-5-6-7-8-14-11-9-13(4-2)10-12-14;1-4-5(2)3;1-2/h13-14H,3-12H2,1-2H3;5H,4H2,1-3H3;1-2H3. The molecule has 21 heavy (non-hydrogen) atoms. The summed E-state index contributed by atoms with van der Waals surface area (Å²) < 4.78 is 0. The summed E-state index contributed by atoms with van der Waals surface area (Å²) in [5, 5.41) is 0. The predicted octanol–water partition coefficient (Wildman–Crippen LogP) is 8.25. The van der Waals surface area contributed by atoms with E-state index < -0.39 is 0 Å². The molecule has 0 radical (unpaired) electrons. The van der Waals surface area contributed by atoms with Crippen molar-refractivity contribution in [3.8, 4) is 0 Å². The van der Waals surface area contributed by atoms with Gasteiger partial charge in [0.1, 0.15) is 0 Å². The Labute approximate surface area is 137 Å². The van der Waals surface area contributed by atoms with E-state index in [1.807, 2.05) is 13.8 Å². The van der Waals surface area contributed by atoms with Gasteiger partial charge in [0.25, 0.3) is 0 Å². The van der Waals surface area contributed by atoms with Crippen LogP contribution >= 0.6 is 0 Å². The Bertz CT molecular complexity index is 163. The topological polar surface area (TPSA) is 0 Å². The minimum atomic E-state index is 0.884. The highest BCUT2D eigenvalue weighted by molar-refractivity contribution is 4.71. The van der Waals surface area contributed by atoms with E-state index in [1.54, 1.807) is 0 Å². The fourth-order valence-corrected chi connectivity index (χ4v) is 2.79. The summed E-state index contributed by atoms with van der Waals surface area (Å²) in [6, 6.07) is 0. The van der Waals surface area contributed by atoms with Crippen LogP contribution in [0.25, 0.3) is 0 Å². The molecule has 1 rings (SSSR count). The van der Waals surface area contributed by atoms with E-state index in [4.69, 9.17) is 0 Å². The van der Waals surface area contributed by atoms with Crippen LogP contribution in [0.15, 0.2) is 0 Å². The molecular formula is C21H46. The van der Waals surface area contributed by atoms with Gasteiger partial charge in [0.05, 0.1) is 0 Å². The third-order valence-corrected chi connectivity index (χ3v) is 4.83. The first-order valence-corrected chi connectivity index (χ1v) is 10.1. The molecule has 1 aliphatic carbocycles. The maximum absolute atomic E-state index is 2.35. The van der Waals surface area contributed by atoms with Gasteiger partial charge in [-0.05, 0) is 17.8 Å². The normalized spacial score (nSPS) is 21.1. The zero-order valence-electron chi connectivity index (χ0n) is 16.5. The summed E-state index contributed by atoms with van der Waals surface area (Å²) in [7, 11) is 0. The smallest absolute Gasteiger partial charge is 0.0414 e. The second-order valence-electron chi connectivity index (χ2n) is 6.95. The molecule has 0 heterocycles. The van der Waals surface area contributed by atoms with Gasteiger partial charge in [-0.25, -0.2) is 0 Å². The lowest BCUT2D eigenvalue weighted by Crippen LogP contribution is -2.13. The number of unbranched alkanes of at least 4 members (excludes halogenated alkanes) is 3. The van der Waals surface area contributed by atoms with Crippen molar-refractivity contribution in [2.75, 3.05) is 0 Å². The maximum Gasteiger partial charge on any atom is -0.0414 e. The second kappa shape index (κ2) is 18.1.